The standard InChI is InChI=1S/C22H33N3O3/c1-16(2)18-4-6-20(7-5-18)23-21(26)17(3)24-10-8-19(9-11-24)22(27)25-12-14-28-15-13-25/h4-7,16-17,19H,8-15H2,1-3H3,(H,23,26). The molecular formula is C22H33N3O3. The first-order valence-electron chi connectivity index (χ1n) is 10.5. The molecule has 2 aliphatic heterocycles. The molecule has 0 spiro atoms. The SMILES string of the molecule is CC(C)c1ccc(NC(=O)C(C)N2CCC(C(=O)N3CCOCC3)CC2)cc1. The van der Waals surface area contributed by atoms with Gasteiger partial charge >= 0.3 is 0 Å². The van der Waals surface area contributed by atoms with Crippen molar-refractivity contribution in [1.29, 1.82) is 0 Å². The van der Waals surface area contributed by atoms with Crippen LogP contribution in [0.15, 0.2) is 24.3 Å². The molecule has 0 radical (unpaired) electrons. The smallest absolute Gasteiger partial charge is 0.241 e. The van der Waals surface area contributed by atoms with Gasteiger partial charge in [0.05, 0.1) is 19.3 Å². The van der Waals surface area contributed by atoms with Gasteiger partial charge in [-0.2, -0.15) is 0 Å². The lowest BCUT2D eigenvalue weighted by Crippen LogP contribution is -2.50. The van der Waals surface area contributed by atoms with Gasteiger partial charge in [-0.05, 0) is 56.5 Å². The van der Waals surface area contributed by atoms with Crippen LogP contribution in [0.5, 0.6) is 0 Å². The number of carbonyl (C=O) groups is 2. The molecular weight excluding hydrogens is 354 g/mol. The van der Waals surface area contributed by atoms with Crippen LogP contribution < -0.4 is 5.32 Å². The first-order valence-corrected chi connectivity index (χ1v) is 10.5. The summed E-state index contributed by atoms with van der Waals surface area (Å²) in [4.78, 5) is 29.4. The number of amides is 2. The molecule has 1 N–H and O–H groups in total. The molecule has 2 amide bonds. The molecule has 2 heterocycles. The van der Waals surface area contributed by atoms with Gasteiger partial charge in [0.1, 0.15) is 0 Å². The number of piperidine rings is 1. The first-order chi connectivity index (χ1) is 13.5. The van der Waals surface area contributed by atoms with Crippen LogP contribution in [0.2, 0.25) is 0 Å². The minimum absolute atomic E-state index is 0.00949. The summed E-state index contributed by atoms with van der Waals surface area (Å²) in [5.74, 6) is 0.818. The highest BCUT2D eigenvalue weighted by Gasteiger charge is 2.32. The lowest BCUT2D eigenvalue weighted by atomic mass is 9.94. The van der Waals surface area contributed by atoms with Gasteiger partial charge in [-0.1, -0.05) is 26.0 Å². The third-order valence-electron chi connectivity index (χ3n) is 5.97. The highest BCUT2D eigenvalue weighted by Crippen LogP contribution is 2.23. The maximum atomic E-state index is 12.7. The van der Waals surface area contributed by atoms with Crippen molar-refractivity contribution in [3.8, 4) is 0 Å². The Hall–Kier alpha value is -1.92. The van der Waals surface area contributed by atoms with E-state index in [0.717, 1.165) is 31.6 Å². The molecule has 0 aliphatic carbocycles. The number of carbonyl (C=O) groups excluding carboxylic acids is 2. The van der Waals surface area contributed by atoms with Gasteiger partial charge in [0, 0.05) is 24.7 Å². The van der Waals surface area contributed by atoms with Gasteiger partial charge < -0.3 is 15.0 Å². The summed E-state index contributed by atoms with van der Waals surface area (Å²) in [7, 11) is 0. The molecule has 0 aromatic heterocycles. The van der Waals surface area contributed by atoms with Crippen LogP contribution in [-0.2, 0) is 14.3 Å². The topological polar surface area (TPSA) is 61.9 Å². The molecule has 1 unspecified atom stereocenters. The van der Waals surface area contributed by atoms with E-state index < -0.39 is 0 Å². The normalized spacial score (nSPS) is 20.2. The number of anilines is 1. The van der Waals surface area contributed by atoms with Gasteiger partial charge in [0.15, 0.2) is 0 Å². The molecule has 6 nitrogen and oxygen atoms in total. The Morgan fingerprint density at radius 3 is 2.18 bits per heavy atom. The second-order valence-electron chi connectivity index (χ2n) is 8.19. The Morgan fingerprint density at radius 2 is 1.61 bits per heavy atom. The molecule has 1 aromatic carbocycles. The van der Waals surface area contributed by atoms with E-state index in [-0.39, 0.29) is 23.8 Å². The number of nitrogens with one attached hydrogen (secondary N) is 1. The zero-order valence-corrected chi connectivity index (χ0v) is 17.3. The lowest BCUT2D eigenvalue weighted by molar-refractivity contribution is -0.141. The van der Waals surface area contributed by atoms with E-state index in [0.29, 0.717) is 32.2 Å². The zero-order chi connectivity index (χ0) is 20.1. The quantitative estimate of drug-likeness (QED) is 0.844. The number of hydrogen-bond acceptors (Lipinski definition) is 4. The van der Waals surface area contributed by atoms with E-state index in [1.165, 1.54) is 5.56 Å². The average Bonchev–Trinajstić information content (AvgIpc) is 2.73. The molecule has 28 heavy (non-hydrogen) atoms. The maximum absolute atomic E-state index is 12.7. The molecule has 2 fully saturated rings. The number of rotatable bonds is 5. The second-order valence-corrected chi connectivity index (χ2v) is 8.19. The number of likely N-dealkylation sites (tertiary alicyclic amines) is 1. The minimum Gasteiger partial charge on any atom is -0.378 e. The Bertz CT molecular complexity index is 660. The van der Waals surface area contributed by atoms with Gasteiger partial charge in [0.25, 0.3) is 0 Å². The molecule has 3 rings (SSSR count). The van der Waals surface area contributed by atoms with E-state index in [1.54, 1.807) is 0 Å². The molecule has 2 saturated heterocycles. The predicted molar refractivity (Wildman–Crippen MR) is 110 cm³/mol. The maximum Gasteiger partial charge on any atom is 0.241 e. The number of nitrogens with zero attached hydrogens (tertiary/aromatic N) is 2. The van der Waals surface area contributed by atoms with Crippen LogP contribution in [-0.4, -0.2) is 67.0 Å². The van der Waals surface area contributed by atoms with Crippen LogP contribution in [0.25, 0.3) is 0 Å². The van der Waals surface area contributed by atoms with Gasteiger partial charge in [0.2, 0.25) is 11.8 Å². The number of benzene rings is 1. The van der Waals surface area contributed by atoms with Crippen molar-refractivity contribution in [2.45, 2.75) is 45.6 Å². The van der Waals surface area contributed by atoms with Crippen molar-refractivity contribution in [2.75, 3.05) is 44.7 Å². The lowest BCUT2D eigenvalue weighted by Gasteiger charge is -2.37. The van der Waals surface area contributed by atoms with Crippen LogP contribution in [0.1, 0.15) is 45.1 Å². The molecule has 1 atom stereocenters. The van der Waals surface area contributed by atoms with Crippen LogP contribution in [0, 0.1) is 5.92 Å². The fourth-order valence-corrected chi connectivity index (χ4v) is 3.94. The van der Waals surface area contributed by atoms with Crippen molar-refractivity contribution in [2.24, 2.45) is 5.92 Å². The average molecular weight is 388 g/mol. The Balaban J connectivity index is 1.48. The summed E-state index contributed by atoms with van der Waals surface area (Å²) in [6.45, 7) is 10.5. The molecule has 1 aromatic rings. The third kappa shape index (κ3) is 5.11. The van der Waals surface area contributed by atoms with Crippen LogP contribution in [0.4, 0.5) is 5.69 Å². The minimum atomic E-state index is -0.204. The largest absolute Gasteiger partial charge is 0.378 e. The Labute approximate surface area is 168 Å². The number of hydrogen-bond donors (Lipinski definition) is 1. The van der Waals surface area contributed by atoms with Crippen molar-refractivity contribution >= 4 is 17.5 Å². The van der Waals surface area contributed by atoms with Gasteiger partial charge in [-0.25, -0.2) is 0 Å². The van der Waals surface area contributed by atoms with Gasteiger partial charge in [-0.3, -0.25) is 14.5 Å². The number of morpholine rings is 1. The fourth-order valence-electron chi connectivity index (χ4n) is 3.94. The zero-order valence-electron chi connectivity index (χ0n) is 17.3. The number of ether oxygens (including phenoxy) is 1. The van der Waals surface area contributed by atoms with Crippen LogP contribution >= 0.6 is 0 Å². The predicted octanol–water partition coefficient (Wildman–Crippen LogP) is 2.71. The van der Waals surface area contributed by atoms with E-state index in [1.807, 2.05) is 24.0 Å². The molecule has 6 heteroatoms. The Morgan fingerprint density at radius 1 is 1.00 bits per heavy atom. The van der Waals surface area contributed by atoms with E-state index in [2.05, 4.69) is 36.2 Å². The fraction of sp³-hybridized carbons (Fsp3) is 0.636. The molecule has 0 bridgehead atoms. The summed E-state index contributed by atoms with van der Waals surface area (Å²) in [5, 5.41) is 3.02. The highest BCUT2D eigenvalue weighted by atomic mass is 16.5. The van der Waals surface area contributed by atoms with Crippen molar-refractivity contribution in [3.63, 3.8) is 0 Å². The second kappa shape index (κ2) is 9.52. The van der Waals surface area contributed by atoms with Crippen molar-refractivity contribution in [3.05, 3.63) is 29.8 Å². The summed E-state index contributed by atoms with van der Waals surface area (Å²) >= 11 is 0. The van der Waals surface area contributed by atoms with Gasteiger partial charge in [-0.15, -0.1) is 0 Å². The highest BCUT2D eigenvalue weighted by molar-refractivity contribution is 5.94. The van der Waals surface area contributed by atoms with Crippen molar-refractivity contribution < 1.29 is 14.3 Å². The van der Waals surface area contributed by atoms with E-state index >= 15 is 0 Å². The summed E-state index contributed by atoms with van der Waals surface area (Å²) in [6.07, 6.45) is 1.63. The molecule has 0 saturated carbocycles. The van der Waals surface area contributed by atoms with E-state index in [4.69, 9.17) is 4.74 Å². The molecule has 2 aliphatic rings. The molecule has 154 valence electrons. The monoisotopic (exact) mass is 387 g/mol. The summed E-state index contributed by atoms with van der Waals surface area (Å²) in [5.41, 5.74) is 2.09. The summed E-state index contributed by atoms with van der Waals surface area (Å²) < 4.78 is 5.33. The first kappa shape index (κ1) is 20.8. The third-order valence-corrected chi connectivity index (χ3v) is 5.97. The van der Waals surface area contributed by atoms with Crippen molar-refractivity contribution in [1.82, 2.24) is 9.80 Å². The van der Waals surface area contributed by atoms with E-state index in [9.17, 15) is 9.59 Å². The Kier molecular flexibility index (Phi) is 7.08. The summed E-state index contributed by atoms with van der Waals surface area (Å²) in [6, 6.07) is 7.85. The van der Waals surface area contributed by atoms with Crippen LogP contribution in [0.3, 0.4) is 0 Å².